The Balaban J connectivity index is 2.38. The molecule has 1 heterocycles. The molecular formula is C14H19N3O. The molecule has 0 aromatic heterocycles. The molecule has 1 aliphatic heterocycles. The summed E-state index contributed by atoms with van der Waals surface area (Å²) in [5.41, 5.74) is 2.27. The topological polar surface area (TPSA) is 56.2 Å². The van der Waals surface area contributed by atoms with Crippen molar-refractivity contribution in [1.29, 1.82) is 5.41 Å². The van der Waals surface area contributed by atoms with Crippen LogP contribution in [0.25, 0.3) is 0 Å². The van der Waals surface area contributed by atoms with E-state index in [4.69, 9.17) is 5.41 Å². The van der Waals surface area contributed by atoms with Crippen molar-refractivity contribution in [3.8, 4) is 0 Å². The van der Waals surface area contributed by atoms with Crippen molar-refractivity contribution in [3.63, 3.8) is 0 Å². The highest BCUT2D eigenvalue weighted by molar-refractivity contribution is 5.91. The molecule has 0 saturated carbocycles. The second-order valence-electron chi connectivity index (χ2n) is 4.61. The van der Waals surface area contributed by atoms with Crippen LogP contribution < -0.4 is 5.32 Å². The summed E-state index contributed by atoms with van der Waals surface area (Å²) in [7, 11) is 1.90. The number of carbonyl (C=O) groups is 1. The first-order valence-electron chi connectivity index (χ1n) is 6.30. The van der Waals surface area contributed by atoms with Crippen molar-refractivity contribution in [2.24, 2.45) is 0 Å². The average Bonchev–Trinajstić information content (AvgIpc) is 2.51. The lowest BCUT2D eigenvalue weighted by Gasteiger charge is -2.24. The minimum absolute atomic E-state index is 0.0187. The summed E-state index contributed by atoms with van der Waals surface area (Å²) in [6.07, 6.45) is 1.35. The molecule has 0 radical (unpaired) electrons. The molecule has 0 saturated heterocycles. The molecular weight excluding hydrogens is 226 g/mol. The number of nitrogens with zero attached hydrogens (tertiary/aromatic N) is 1. The van der Waals surface area contributed by atoms with Crippen LogP contribution in [0.15, 0.2) is 24.3 Å². The number of fused-ring (bicyclic) bond motifs is 1. The minimum atomic E-state index is -0.318. The summed E-state index contributed by atoms with van der Waals surface area (Å²) in [5, 5.41) is 11.1. The van der Waals surface area contributed by atoms with Gasteiger partial charge in [-0.15, -0.1) is 0 Å². The van der Waals surface area contributed by atoms with E-state index in [0.717, 1.165) is 18.5 Å². The summed E-state index contributed by atoms with van der Waals surface area (Å²) in [4.78, 5) is 13.5. The maximum Gasteiger partial charge on any atom is 0.220 e. The molecule has 1 aliphatic rings. The van der Waals surface area contributed by atoms with E-state index in [1.165, 1.54) is 5.56 Å². The molecule has 2 rings (SSSR count). The summed E-state index contributed by atoms with van der Waals surface area (Å²) >= 11 is 0. The lowest BCUT2D eigenvalue weighted by Crippen LogP contribution is -2.39. The van der Waals surface area contributed by atoms with Gasteiger partial charge in [-0.2, -0.15) is 0 Å². The van der Waals surface area contributed by atoms with Gasteiger partial charge in [-0.05, 0) is 17.5 Å². The number of hydrogen-bond acceptors (Lipinski definition) is 2. The number of benzene rings is 1. The Hall–Kier alpha value is -1.84. The van der Waals surface area contributed by atoms with E-state index in [9.17, 15) is 4.79 Å². The Labute approximate surface area is 108 Å². The number of amides is 1. The van der Waals surface area contributed by atoms with Gasteiger partial charge in [0.2, 0.25) is 5.91 Å². The number of likely N-dealkylation sites (N-methyl/N-ethyl adjacent to an activating group) is 1. The fourth-order valence-corrected chi connectivity index (χ4v) is 2.23. The third-order valence-corrected chi connectivity index (χ3v) is 3.39. The van der Waals surface area contributed by atoms with E-state index < -0.39 is 0 Å². The number of amidine groups is 1. The van der Waals surface area contributed by atoms with Crippen LogP contribution in [0.5, 0.6) is 0 Å². The van der Waals surface area contributed by atoms with Crippen LogP contribution in [0.3, 0.4) is 0 Å². The molecule has 1 aromatic carbocycles. The number of carbonyl (C=O) groups excluding carboxylic acids is 1. The zero-order chi connectivity index (χ0) is 13.1. The highest BCUT2D eigenvalue weighted by Crippen LogP contribution is 2.24. The van der Waals surface area contributed by atoms with E-state index in [1.54, 1.807) is 0 Å². The summed E-state index contributed by atoms with van der Waals surface area (Å²) in [5.74, 6) is 0.441. The zero-order valence-corrected chi connectivity index (χ0v) is 10.9. The molecule has 18 heavy (non-hydrogen) atoms. The lowest BCUT2D eigenvalue weighted by molar-refractivity contribution is -0.121. The third kappa shape index (κ3) is 2.37. The third-order valence-electron chi connectivity index (χ3n) is 3.39. The minimum Gasteiger partial charge on any atom is -0.361 e. The van der Waals surface area contributed by atoms with Gasteiger partial charge in [0.25, 0.3) is 0 Å². The highest BCUT2D eigenvalue weighted by Gasteiger charge is 2.26. The van der Waals surface area contributed by atoms with Crippen LogP contribution in [0, 0.1) is 5.41 Å². The molecule has 1 aromatic rings. The molecule has 96 valence electrons. The largest absolute Gasteiger partial charge is 0.361 e. The Morgan fingerprint density at radius 1 is 1.50 bits per heavy atom. The van der Waals surface area contributed by atoms with Crippen LogP contribution in [0.2, 0.25) is 0 Å². The zero-order valence-electron chi connectivity index (χ0n) is 10.9. The number of nitrogens with one attached hydrogen (secondary N) is 2. The molecule has 4 nitrogen and oxygen atoms in total. The van der Waals surface area contributed by atoms with Gasteiger partial charge in [0.1, 0.15) is 11.9 Å². The quantitative estimate of drug-likeness (QED) is 0.833. The van der Waals surface area contributed by atoms with Gasteiger partial charge in [-0.1, -0.05) is 31.2 Å². The first-order valence-corrected chi connectivity index (χ1v) is 6.30. The van der Waals surface area contributed by atoms with Gasteiger partial charge in [-0.25, -0.2) is 0 Å². The predicted molar refractivity (Wildman–Crippen MR) is 71.7 cm³/mol. The van der Waals surface area contributed by atoms with Gasteiger partial charge in [0.15, 0.2) is 0 Å². The Morgan fingerprint density at radius 3 is 2.94 bits per heavy atom. The van der Waals surface area contributed by atoms with Crippen molar-refractivity contribution in [2.75, 3.05) is 13.6 Å². The van der Waals surface area contributed by atoms with E-state index in [0.29, 0.717) is 12.3 Å². The molecule has 0 bridgehead atoms. The van der Waals surface area contributed by atoms with E-state index in [2.05, 4.69) is 11.4 Å². The SMILES string of the molecule is CCC(=O)NC1C(=N)N(C)CCc2ccccc21. The van der Waals surface area contributed by atoms with Crippen molar-refractivity contribution in [1.82, 2.24) is 10.2 Å². The van der Waals surface area contributed by atoms with Crippen LogP contribution in [0.1, 0.15) is 30.5 Å². The molecule has 1 amide bonds. The lowest BCUT2D eigenvalue weighted by atomic mass is 9.99. The molecule has 0 spiro atoms. The second-order valence-corrected chi connectivity index (χ2v) is 4.61. The van der Waals surface area contributed by atoms with Crippen molar-refractivity contribution in [3.05, 3.63) is 35.4 Å². The van der Waals surface area contributed by atoms with Crippen molar-refractivity contribution < 1.29 is 4.79 Å². The highest BCUT2D eigenvalue weighted by atomic mass is 16.1. The maximum absolute atomic E-state index is 11.6. The molecule has 1 unspecified atom stereocenters. The first-order chi connectivity index (χ1) is 8.63. The van der Waals surface area contributed by atoms with Crippen LogP contribution in [-0.2, 0) is 11.2 Å². The second kappa shape index (κ2) is 5.21. The fourth-order valence-electron chi connectivity index (χ4n) is 2.23. The molecule has 2 N–H and O–H groups in total. The number of rotatable bonds is 2. The molecule has 1 atom stereocenters. The smallest absolute Gasteiger partial charge is 0.220 e. The molecule has 0 fully saturated rings. The average molecular weight is 245 g/mol. The van der Waals surface area contributed by atoms with Crippen molar-refractivity contribution in [2.45, 2.75) is 25.8 Å². The van der Waals surface area contributed by atoms with E-state index in [-0.39, 0.29) is 11.9 Å². The van der Waals surface area contributed by atoms with Gasteiger partial charge in [0.05, 0.1) is 0 Å². The normalized spacial score (nSPS) is 19.1. The van der Waals surface area contributed by atoms with Crippen LogP contribution in [0.4, 0.5) is 0 Å². The Bertz CT molecular complexity index is 470. The Morgan fingerprint density at radius 2 is 2.22 bits per heavy atom. The Kier molecular flexibility index (Phi) is 3.65. The van der Waals surface area contributed by atoms with Gasteiger partial charge in [-0.3, -0.25) is 10.2 Å². The number of hydrogen-bond donors (Lipinski definition) is 2. The first kappa shape index (κ1) is 12.6. The fraction of sp³-hybridized carbons (Fsp3) is 0.429. The monoisotopic (exact) mass is 245 g/mol. The predicted octanol–water partition coefficient (Wildman–Crippen LogP) is 1.72. The molecule has 4 heteroatoms. The maximum atomic E-state index is 11.6. The van der Waals surface area contributed by atoms with E-state index >= 15 is 0 Å². The standard InChI is InChI=1S/C14H19N3O/c1-3-12(18)16-13-11-7-5-4-6-10(11)8-9-17(2)14(13)15/h4-7,13,15H,3,8-9H2,1-2H3,(H,16,18). The van der Waals surface area contributed by atoms with Crippen LogP contribution >= 0.6 is 0 Å². The summed E-state index contributed by atoms with van der Waals surface area (Å²) in [6, 6.07) is 7.73. The van der Waals surface area contributed by atoms with Gasteiger partial charge < -0.3 is 10.2 Å². The summed E-state index contributed by atoms with van der Waals surface area (Å²) in [6.45, 7) is 2.64. The van der Waals surface area contributed by atoms with Crippen molar-refractivity contribution >= 4 is 11.7 Å². The van der Waals surface area contributed by atoms with Gasteiger partial charge >= 0.3 is 0 Å². The summed E-state index contributed by atoms with van der Waals surface area (Å²) < 4.78 is 0. The van der Waals surface area contributed by atoms with E-state index in [1.807, 2.05) is 37.1 Å². The van der Waals surface area contributed by atoms with Crippen LogP contribution in [-0.4, -0.2) is 30.2 Å². The van der Waals surface area contributed by atoms with Gasteiger partial charge in [0, 0.05) is 20.0 Å². The molecule has 0 aliphatic carbocycles.